The van der Waals surface area contributed by atoms with Crippen molar-refractivity contribution in [1.82, 2.24) is 0 Å². The average Bonchev–Trinajstić information content (AvgIpc) is 2.75. The summed E-state index contributed by atoms with van der Waals surface area (Å²) in [5, 5.41) is 0.753. The standard InChI is InChI=1S/C14H15NO5/c1-7-10-6-9(18-3)4-5-11(10)20-12(7)14(17)19-8(2)13(15)16/h4-6,8H,1-3H3,(H2,15,16)/t8-/m0/s1. The largest absolute Gasteiger partial charge is 0.497 e. The molecule has 0 aliphatic carbocycles. The van der Waals surface area contributed by atoms with Crippen LogP contribution in [-0.2, 0) is 9.53 Å². The highest BCUT2D eigenvalue weighted by Crippen LogP contribution is 2.29. The third-order valence-electron chi connectivity index (χ3n) is 3.01. The molecule has 6 nitrogen and oxygen atoms in total. The molecule has 20 heavy (non-hydrogen) atoms. The number of carbonyl (C=O) groups excluding carboxylic acids is 2. The Labute approximate surface area is 115 Å². The van der Waals surface area contributed by atoms with Crippen molar-refractivity contribution in [3.05, 3.63) is 29.5 Å². The Kier molecular flexibility index (Phi) is 3.65. The van der Waals surface area contributed by atoms with E-state index in [2.05, 4.69) is 0 Å². The summed E-state index contributed by atoms with van der Waals surface area (Å²) in [6, 6.07) is 5.20. The lowest BCUT2D eigenvalue weighted by molar-refractivity contribution is -0.125. The zero-order valence-corrected chi connectivity index (χ0v) is 11.4. The minimum atomic E-state index is -1.01. The maximum Gasteiger partial charge on any atom is 0.375 e. The lowest BCUT2D eigenvalue weighted by Crippen LogP contribution is -2.30. The molecule has 2 aromatic rings. The second kappa shape index (κ2) is 5.24. The molecule has 1 aromatic heterocycles. The fourth-order valence-electron chi connectivity index (χ4n) is 1.79. The quantitative estimate of drug-likeness (QED) is 0.860. The van der Waals surface area contributed by atoms with Crippen LogP contribution < -0.4 is 10.5 Å². The van der Waals surface area contributed by atoms with Gasteiger partial charge in [0.25, 0.3) is 5.91 Å². The van der Waals surface area contributed by atoms with E-state index in [9.17, 15) is 9.59 Å². The van der Waals surface area contributed by atoms with Crippen molar-refractivity contribution in [2.24, 2.45) is 5.73 Å². The Morgan fingerprint density at radius 3 is 2.65 bits per heavy atom. The predicted molar refractivity (Wildman–Crippen MR) is 71.6 cm³/mol. The minimum absolute atomic E-state index is 0.0568. The summed E-state index contributed by atoms with van der Waals surface area (Å²) in [5.41, 5.74) is 6.22. The molecule has 1 amide bonds. The van der Waals surface area contributed by atoms with Gasteiger partial charge in [-0.3, -0.25) is 4.79 Å². The SMILES string of the molecule is COc1ccc2oc(C(=O)O[C@@H](C)C(N)=O)c(C)c2c1. The maximum absolute atomic E-state index is 11.9. The molecule has 2 N–H and O–H groups in total. The molecule has 0 aliphatic rings. The van der Waals surface area contributed by atoms with E-state index in [4.69, 9.17) is 19.6 Å². The number of hydrogen-bond donors (Lipinski definition) is 1. The molecule has 0 bridgehead atoms. The number of amides is 1. The van der Waals surface area contributed by atoms with Crippen LogP contribution in [0.2, 0.25) is 0 Å². The number of ether oxygens (including phenoxy) is 2. The normalized spacial score (nSPS) is 12.2. The topological polar surface area (TPSA) is 91.8 Å². The number of methoxy groups -OCH3 is 1. The predicted octanol–water partition coefficient (Wildman–Crippen LogP) is 1.78. The van der Waals surface area contributed by atoms with Crippen LogP contribution in [0.5, 0.6) is 5.75 Å². The highest BCUT2D eigenvalue weighted by atomic mass is 16.6. The van der Waals surface area contributed by atoms with Gasteiger partial charge >= 0.3 is 5.97 Å². The number of nitrogens with two attached hydrogens (primary N) is 1. The Morgan fingerprint density at radius 2 is 2.05 bits per heavy atom. The smallest absolute Gasteiger partial charge is 0.375 e. The Morgan fingerprint density at radius 1 is 1.35 bits per heavy atom. The zero-order valence-electron chi connectivity index (χ0n) is 11.4. The van der Waals surface area contributed by atoms with Crippen molar-refractivity contribution in [2.45, 2.75) is 20.0 Å². The lowest BCUT2D eigenvalue weighted by atomic mass is 10.1. The molecular weight excluding hydrogens is 262 g/mol. The van der Waals surface area contributed by atoms with E-state index >= 15 is 0 Å². The first kappa shape index (κ1) is 13.9. The van der Waals surface area contributed by atoms with Gasteiger partial charge in [-0.1, -0.05) is 0 Å². The second-order valence-corrected chi connectivity index (χ2v) is 4.37. The van der Waals surface area contributed by atoms with Gasteiger partial charge in [0.2, 0.25) is 5.76 Å². The summed E-state index contributed by atoms with van der Waals surface area (Å²) in [7, 11) is 1.56. The van der Waals surface area contributed by atoms with Gasteiger partial charge in [0.1, 0.15) is 11.3 Å². The van der Waals surface area contributed by atoms with E-state index in [0.29, 0.717) is 16.9 Å². The van der Waals surface area contributed by atoms with Crippen LogP contribution >= 0.6 is 0 Å². The Hall–Kier alpha value is -2.50. The third-order valence-corrected chi connectivity index (χ3v) is 3.01. The number of fused-ring (bicyclic) bond motifs is 1. The summed E-state index contributed by atoms with van der Waals surface area (Å²) in [4.78, 5) is 22.9. The van der Waals surface area contributed by atoms with Crippen molar-refractivity contribution in [3.63, 3.8) is 0 Å². The van der Waals surface area contributed by atoms with Gasteiger partial charge in [-0.2, -0.15) is 0 Å². The molecule has 1 aromatic carbocycles. The summed E-state index contributed by atoms with van der Waals surface area (Å²) in [5.74, 6) is -0.717. The van der Waals surface area contributed by atoms with Crippen molar-refractivity contribution in [1.29, 1.82) is 0 Å². The highest BCUT2D eigenvalue weighted by Gasteiger charge is 2.23. The van der Waals surface area contributed by atoms with Crippen LogP contribution in [0.1, 0.15) is 23.0 Å². The van der Waals surface area contributed by atoms with E-state index in [1.807, 2.05) is 0 Å². The fraction of sp³-hybridized carbons (Fsp3) is 0.286. The van der Waals surface area contributed by atoms with Crippen molar-refractivity contribution < 1.29 is 23.5 Å². The molecule has 0 aliphatic heterocycles. The number of esters is 1. The van der Waals surface area contributed by atoms with Crippen LogP contribution in [0.4, 0.5) is 0 Å². The number of furan rings is 1. The Balaban J connectivity index is 2.37. The molecule has 2 rings (SSSR count). The molecule has 106 valence electrons. The molecule has 0 unspecified atom stereocenters. The first-order valence-corrected chi connectivity index (χ1v) is 6.01. The number of rotatable bonds is 4. The summed E-state index contributed by atoms with van der Waals surface area (Å²) in [6.07, 6.45) is -1.01. The summed E-state index contributed by atoms with van der Waals surface area (Å²) < 4.78 is 15.5. The van der Waals surface area contributed by atoms with Gasteiger partial charge in [0.15, 0.2) is 6.10 Å². The highest BCUT2D eigenvalue weighted by molar-refractivity contribution is 5.97. The van der Waals surface area contributed by atoms with E-state index in [1.165, 1.54) is 6.92 Å². The summed E-state index contributed by atoms with van der Waals surface area (Å²) in [6.45, 7) is 3.14. The first-order chi connectivity index (χ1) is 9.43. The lowest BCUT2D eigenvalue weighted by Gasteiger charge is -2.07. The Bertz CT molecular complexity index is 673. The second-order valence-electron chi connectivity index (χ2n) is 4.37. The monoisotopic (exact) mass is 277 g/mol. The minimum Gasteiger partial charge on any atom is -0.497 e. The van der Waals surface area contributed by atoms with Gasteiger partial charge in [0, 0.05) is 10.9 Å². The van der Waals surface area contributed by atoms with Crippen LogP contribution in [0.15, 0.2) is 22.6 Å². The van der Waals surface area contributed by atoms with E-state index in [0.717, 1.165) is 5.39 Å². The number of aryl methyl sites for hydroxylation is 1. The van der Waals surface area contributed by atoms with Gasteiger partial charge in [-0.25, -0.2) is 4.79 Å². The van der Waals surface area contributed by atoms with Gasteiger partial charge < -0.3 is 19.6 Å². The molecule has 0 fully saturated rings. The molecule has 1 atom stereocenters. The van der Waals surface area contributed by atoms with E-state index in [1.54, 1.807) is 32.2 Å². The number of carbonyl (C=O) groups is 2. The molecule has 0 spiro atoms. The van der Waals surface area contributed by atoms with Crippen molar-refractivity contribution >= 4 is 22.8 Å². The summed E-state index contributed by atoms with van der Waals surface area (Å²) >= 11 is 0. The van der Waals surface area contributed by atoms with Crippen LogP contribution in [0.25, 0.3) is 11.0 Å². The third kappa shape index (κ3) is 2.45. The van der Waals surface area contributed by atoms with E-state index in [-0.39, 0.29) is 5.76 Å². The molecule has 1 heterocycles. The van der Waals surface area contributed by atoms with Crippen LogP contribution in [0, 0.1) is 6.92 Å². The first-order valence-electron chi connectivity index (χ1n) is 6.01. The van der Waals surface area contributed by atoms with Crippen LogP contribution in [-0.4, -0.2) is 25.1 Å². The zero-order chi connectivity index (χ0) is 14.9. The number of primary amides is 1. The number of hydrogen-bond acceptors (Lipinski definition) is 5. The fourth-order valence-corrected chi connectivity index (χ4v) is 1.79. The number of benzene rings is 1. The molecule has 6 heteroatoms. The van der Waals surface area contributed by atoms with Crippen molar-refractivity contribution in [3.8, 4) is 5.75 Å². The molecular formula is C14H15NO5. The van der Waals surface area contributed by atoms with Crippen molar-refractivity contribution in [2.75, 3.05) is 7.11 Å². The van der Waals surface area contributed by atoms with Gasteiger partial charge in [-0.15, -0.1) is 0 Å². The molecule has 0 saturated carbocycles. The van der Waals surface area contributed by atoms with Crippen LogP contribution in [0.3, 0.4) is 0 Å². The van der Waals surface area contributed by atoms with E-state index < -0.39 is 18.0 Å². The molecule has 0 saturated heterocycles. The van der Waals surface area contributed by atoms with Gasteiger partial charge in [-0.05, 0) is 32.0 Å². The molecule has 0 radical (unpaired) electrons. The maximum atomic E-state index is 11.9. The average molecular weight is 277 g/mol. The van der Waals surface area contributed by atoms with Gasteiger partial charge in [0.05, 0.1) is 7.11 Å².